The van der Waals surface area contributed by atoms with Crippen molar-refractivity contribution in [3.63, 3.8) is 0 Å². The summed E-state index contributed by atoms with van der Waals surface area (Å²) in [5.41, 5.74) is 4.03. The van der Waals surface area contributed by atoms with Gasteiger partial charge in [-0.05, 0) is 25.0 Å². The van der Waals surface area contributed by atoms with Gasteiger partial charge in [0.25, 0.3) is 5.56 Å². The second-order valence-electron chi connectivity index (χ2n) is 7.19. The number of hydrogen-bond acceptors (Lipinski definition) is 4. The molecule has 1 fully saturated rings. The predicted molar refractivity (Wildman–Crippen MR) is 95.4 cm³/mol. The number of hydrogen-bond donors (Lipinski definition) is 1. The summed E-state index contributed by atoms with van der Waals surface area (Å²) in [6.07, 6.45) is 3.14. The Morgan fingerprint density at radius 3 is 2.88 bits per heavy atom. The van der Waals surface area contributed by atoms with Gasteiger partial charge in [-0.25, -0.2) is 9.97 Å². The molecule has 1 saturated carbocycles. The SMILES string of the molecule is Cn1c(CN2CCc3nc(C4CC4)[nH]c(=O)c3C2)nc2ccccc21. The highest BCUT2D eigenvalue weighted by Crippen LogP contribution is 2.37. The summed E-state index contributed by atoms with van der Waals surface area (Å²) in [5.74, 6) is 2.41. The standard InChI is InChI=1S/C19H21N5O/c1-23-16-5-3-2-4-15(16)20-17(23)11-24-9-8-14-13(10-24)19(25)22-18(21-14)12-6-7-12/h2-5,12H,6-11H2,1H3,(H,21,22,25). The largest absolute Gasteiger partial charge is 0.330 e. The molecule has 2 aliphatic rings. The van der Waals surface area contributed by atoms with Gasteiger partial charge in [0.1, 0.15) is 11.6 Å². The van der Waals surface area contributed by atoms with Gasteiger partial charge in [0.2, 0.25) is 0 Å². The van der Waals surface area contributed by atoms with Crippen molar-refractivity contribution in [3.8, 4) is 0 Å². The zero-order valence-electron chi connectivity index (χ0n) is 14.3. The van der Waals surface area contributed by atoms with Crippen LogP contribution in [-0.4, -0.2) is 31.0 Å². The van der Waals surface area contributed by atoms with E-state index in [1.807, 2.05) is 18.2 Å². The number of rotatable bonds is 3. The number of H-pyrrole nitrogens is 1. The van der Waals surface area contributed by atoms with Gasteiger partial charge >= 0.3 is 0 Å². The van der Waals surface area contributed by atoms with Gasteiger partial charge in [-0.3, -0.25) is 9.69 Å². The van der Waals surface area contributed by atoms with Crippen molar-refractivity contribution >= 4 is 11.0 Å². The predicted octanol–water partition coefficient (Wildman–Crippen LogP) is 2.09. The number of nitrogens with zero attached hydrogens (tertiary/aromatic N) is 4. The molecule has 1 aromatic carbocycles. The molecule has 6 nitrogen and oxygen atoms in total. The first-order valence-electron chi connectivity index (χ1n) is 8.93. The van der Waals surface area contributed by atoms with Crippen LogP contribution >= 0.6 is 0 Å². The number of aryl methyl sites for hydroxylation is 1. The minimum absolute atomic E-state index is 0.0431. The third-order valence-electron chi connectivity index (χ3n) is 5.37. The van der Waals surface area contributed by atoms with Crippen molar-refractivity contribution in [2.45, 2.75) is 38.3 Å². The first-order chi connectivity index (χ1) is 12.2. The van der Waals surface area contributed by atoms with Gasteiger partial charge in [0, 0.05) is 32.5 Å². The number of aromatic amines is 1. The maximum atomic E-state index is 12.5. The second-order valence-corrected chi connectivity index (χ2v) is 7.19. The minimum atomic E-state index is 0.0431. The van der Waals surface area contributed by atoms with Crippen LogP contribution < -0.4 is 5.56 Å². The molecule has 0 saturated heterocycles. The average Bonchev–Trinajstić information content (AvgIpc) is 3.42. The zero-order valence-corrected chi connectivity index (χ0v) is 14.3. The molecule has 0 amide bonds. The van der Waals surface area contributed by atoms with Crippen LogP contribution in [0.15, 0.2) is 29.1 Å². The van der Waals surface area contributed by atoms with Gasteiger partial charge in [-0.1, -0.05) is 12.1 Å². The Labute approximate surface area is 145 Å². The van der Waals surface area contributed by atoms with Crippen molar-refractivity contribution < 1.29 is 0 Å². The molecule has 0 atom stereocenters. The smallest absolute Gasteiger partial charge is 0.255 e. The van der Waals surface area contributed by atoms with E-state index in [0.29, 0.717) is 12.5 Å². The topological polar surface area (TPSA) is 66.8 Å². The second kappa shape index (κ2) is 5.52. The fourth-order valence-corrected chi connectivity index (χ4v) is 3.72. The van der Waals surface area contributed by atoms with Crippen LogP contribution in [0, 0.1) is 0 Å². The van der Waals surface area contributed by atoms with Gasteiger partial charge in [-0.2, -0.15) is 0 Å². The summed E-state index contributed by atoms with van der Waals surface area (Å²) in [6, 6.07) is 8.18. The molecule has 1 N–H and O–H groups in total. The van der Waals surface area contributed by atoms with Crippen LogP contribution in [0.25, 0.3) is 11.0 Å². The van der Waals surface area contributed by atoms with Crippen LogP contribution in [0.2, 0.25) is 0 Å². The van der Waals surface area contributed by atoms with Crippen molar-refractivity contribution in [1.82, 2.24) is 24.4 Å². The number of nitrogens with one attached hydrogen (secondary N) is 1. The maximum Gasteiger partial charge on any atom is 0.255 e. The molecule has 3 heterocycles. The minimum Gasteiger partial charge on any atom is -0.330 e. The van der Waals surface area contributed by atoms with E-state index in [-0.39, 0.29) is 5.56 Å². The van der Waals surface area contributed by atoms with E-state index in [0.717, 1.165) is 66.3 Å². The highest BCUT2D eigenvalue weighted by atomic mass is 16.1. The molecule has 0 spiro atoms. The number of fused-ring (bicyclic) bond motifs is 2. The quantitative estimate of drug-likeness (QED) is 0.796. The Balaban J connectivity index is 1.41. The summed E-state index contributed by atoms with van der Waals surface area (Å²) < 4.78 is 2.14. The summed E-state index contributed by atoms with van der Waals surface area (Å²) in [7, 11) is 2.05. The highest BCUT2D eigenvalue weighted by Gasteiger charge is 2.29. The van der Waals surface area contributed by atoms with Crippen molar-refractivity contribution in [3.05, 3.63) is 57.5 Å². The van der Waals surface area contributed by atoms with Crippen LogP contribution in [0.4, 0.5) is 0 Å². The van der Waals surface area contributed by atoms with E-state index in [1.54, 1.807) is 0 Å². The molecule has 3 aromatic rings. The Morgan fingerprint density at radius 2 is 2.08 bits per heavy atom. The summed E-state index contributed by atoms with van der Waals surface area (Å²) in [5, 5.41) is 0. The molecular weight excluding hydrogens is 314 g/mol. The molecule has 0 unspecified atom stereocenters. The molecule has 0 radical (unpaired) electrons. The van der Waals surface area contributed by atoms with E-state index < -0.39 is 0 Å². The molecular formula is C19H21N5O. The number of para-hydroxylation sites is 2. The lowest BCUT2D eigenvalue weighted by Crippen LogP contribution is -2.36. The van der Waals surface area contributed by atoms with Gasteiger partial charge in [0.15, 0.2) is 0 Å². The highest BCUT2D eigenvalue weighted by molar-refractivity contribution is 5.75. The molecule has 0 bridgehead atoms. The van der Waals surface area contributed by atoms with E-state index in [4.69, 9.17) is 9.97 Å². The lowest BCUT2D eigenvalue weighted by Gasteiger charge is -2.27. The fourth-order valence-electron chi connectivity index (χ4n) is 3.72. The van der Waals surface area contributed by atoms with E-state index in [1.165, 1.54) is 0 Å². The maximum absolute atomic E-state index is 12.5. The first kappa shape index (κ1) is 14.8. The molecule has 128 valence electrons. The van der Waals surface area contributed by atoms with Crippen molar-refractivity contribution in [1.29, 1.82) is 0 Å². The molecule has 5 rings (SSSR count). The Hall–Kier alpha value is -2.47. The van der Waals surface area contributed by atoms with E-state index >= 15 is 0 Å². The Morgan fingerprint density at radius 1 is 1.24 bits per heavy atom. The monoisotopic (exact) mass is 335 g/mol. The zero-order chi connectivity index (χ0) is 17.0. The summed E-state index contributed by atoms with van der Waals surface area (Å²) >= 11 is 0. The van der Waals surface area contributed by atoms with Gasteiger partial charge in [-0.15, -0.1) is 0 Å². The van der Waals surface area contributed by atoms with E-state index in [2.05, 4.69) is 27.6 Å². The van der Waals surface area contributed by atoms with E-state index in [9.17, 15) is 4.79 Å². The number of imidazole rings is 1. The van der Waals surface area contributed by atoms with Gasteiger partial charge < -0.3 is 9.55 Å². The van der Waals surface area contributed by atoms with Crippen LogP contribution in [-0.2, 0) is 26.6 Å². The fraction of sp³-hybridized carbons (Fsp3) is 0.421. The van der Waals surface area contributed by atoms with Crippen LogP contribution in [0.3, 0.4) is 0 Å². The van der Waals surface area contributed by atoms with Crippen LogP contribution in [0.5, 0.6) is 0 Å². The van der Waals surface area contributed by atoms with Gasteiger partial charge in [0.05, 0.1) is 28.8 Å². The molecule has 2 aromatic heterocycles. The number of benzene rings is 1. The summed E-state index contributed by atoms with van der Waals surface area (Å²) in [6.45, 7) is 2.30. The molecule has 25 heavy (non-hydrogen) atoms. The summed E-state index contributed by atoms with van der Waals surface area (Å²) in [4.78, 5) is 27.2. The lowest BCUT2D eigenvalue weighted by molar-refractivity contribution is 0.233. The van der Waals surface area contributed by atoms with Crippen molar-refractivity contribution in [2.24, 2.45) is 7.05 Å². The lowest BCUT2D eigenvalue weighted by atomic mass is 10.1. The molecule has 6 heteroatoms. The number of aromatic nitrogens is 4. The molecule has 1 aliphatic heterocycles. The Bertz CT molecular complexity index is 1010. The first-order valence-corrected chi connectivity index (χ1v) is 8.93. The van der Waals surface area contributed by atoms with Crippen LogP contribution in [0.1, 0.15) is 41.7 Å². The third-order valence-corrected chi connectivity index (χ3v) is 5.37. The normalized spacial score (nSPS) is 17.8. The average molecular weight is 335 g/mol. The third kappa shape index (κ3) is 2.57. The Kier molecular flexibility index (Phi) is 3.28. The molecule has 1 aliphatic carbocycles. The van der Waals surface area contributed by atoms with Crippen molar-refractivity contribution in [2.75, 3.05) is 6.54 Å².